The van der Waals surface area contributed by atoms with Crippen LogP contribution in [0.25, 0.3) is 21.8 Å². The Bertz CT molecular complexity index is 1620. The molecule has 0 atom stereocenters. The minimum Gasteiger partial charge on any atom is -0.398 e. The molecule has 0 aliphatic heterocycles. The predicted octanol–water partition coefficient (Wildman–Crippen LogP) is 4.67. The first-order chi connectivity index (χ1) is 16.4. The molecule has 0 spiro atoms. The van der Waals surface area contributed by atoms with Crippen LogP contribution in [0.2, 0.25) is 0 Å². The second kappa shape index (κ2) is 8.64. The van der Waals surface area contributed by atoms with Gasteiger partial charge in [0.25, 0.3) is 0 Å². The van der Waals surface area contributed by atoms with Gasteiger partial charge in [0.15, 0.2) is 10.6 Å². The number of aromatic nitrogens is 5. The summed E-state index contributed by atoms with van der Waals surface area (Å²) < 4.78 is 0. The smallest absolute Gasteiger partial charge is 0.233 e. The molecule has 0 saturated heterocycles. The molecule has 3 heterocycles. The van der Waals surface area contributed by atoms with Gasteiger partial charge in [0, 0.05) is 33.9 Å². The first-order valence-corrected chi connectivity index (χ1v) is 11.8. The number of nitrogen functional groups attached to an aromatic ring is 1. The molecular weight excluding hydrogens is 448 g/mol. The molecule has 0 bridgehead atoms. The lowest BCUT2D eigenvalue weighted by atomic mass is 10.1. The Hall–Kier alpha value is -4.18. The maximum Gasteiger partial charge on any atom is 0.233 e. The number of nitrogens with one attached hydrogen (secondary N) is 3. The van der Waals surface area contributed by atoms with Crippen LogP contribution in [0, 0.1) is 13.8 Å². The summed E-state index contributed by atoms with van der Waals surface area (Å²) in [4.78, 5) is 33.9. The van der Waals surface area contributed by atoms with Crippen molar-refractivity contribution in [3.63, 3.8) is 0 Å². The van der Waals surface area contributed by atoms with E-state index in [0.717, 1.165) is 28.0 Å². The third kappa shape index (κ3) is 4.11. The molecule has 0 amide bonds. The maximum absolute atomic E-state index is 12.4. The van der Waals surface area contributed by atoms with Gasteiger partial charge in [-0.1, -0.05) is 30.0 Å². The van der Waals surface area contributed by atoms with E-state index >= 15 is 0 Å². The fraction of sp³-hybridized carbons (Fsp3) is 0.125. The third-order valence-electron chi connectivity index (χ3n) is 5.29. The number of fused-ring (bicyclic) bond motifs is 2. The number of hydrogen-bond acceptors (Lipinski definition) is 9. The van der Waals surface area contributed by atoms with Gasteiger partial charge in [0.2, 0.25) is 11.9 Å². The van der Waals surface area contributed by atoms with Gasteiger partial charge in [-0.2, -0.15) is 15.0 Å². The van der Waals surface area contributed by atoms with Crippen LogP contribution in [-0.2, 0) is 0 Å². The third-order valence-corrected chi connectivity index (χ3v) is 5.84. The highest BCUT2D eigenvalue weighted by Crippen LogP contribution is 2.29. The molecule has 0 fully saturated rings. The van der Waals surface area contributed by atoms with Crippen molar-refractivity contribution >= 4 is 62.5 Å². The van der Waals surface area contributed by atoms with E-state index in [0.29, 0.717) is 39.3 Å². The van der Waals surface area contributed by atoms with Gasteiger partial charge in [-0.3, -0.25) is 9.78 Å². The Morgan fingerprint density at radius 3 is 2.29 bits per heavy atom. The lowest BCUT2D eigenvalue weighted by Crippen LogP contribution is -2.08. The van der Waals surface area contributed by atoms with Crippen molar-refractivity contribution in [1.82, 2.24) is 24.9 Å². The van der Waals surface area contributed by atoms with E-state index in [1.807, 2.05) is 56.5 Å². The molecule has 9 nitrogen and oxygen atoms in total. The second-order valence-electron chi connectivity index (χ2n) is 7.82. The summed E-state index contributed by atoms with van der Waals surface area (Å²) in [5.41, 5.74) is 11.3. The highest BCUT2D eigenvalue weighted by Gasteiger charge is 2.12. The van der Waals surface area contributed by atoms with E-state index in [1.165, 1.54) is 11.8 Å². The van der Waals surface area contributed by atoms with E-state index in [4.69, 9.17) is 5.73 Å². The Morgan fingerprint density at radius 2 is 1.56 bits per heavy atom. The fourth-order valence-electron chi connectivity index (χ4n) is 3.81. The molecule has 5 rings (SSSR count). The molecule has 0 aliphatic rings. The zero-order valence-electron chi connectivity index (χ0n) is 18.8. The van der Waals surface area contributed by atoms with Crippen LogP contribution < -0.4 is 21.8 Å². The Balaban J connectivity index is 1.56. The number of pyridine rings is 2. The first kappa shape index (κ1) is 21.7. The first-order valence-electron chi connectivity index (χ1n) is 10.5. The molecule has 2 aromatic carbocycles. The van der Waals surface area contributed by atoms with Crippen molar-refractivity contribution in [3.05, 3.63) is 70.1 Å². The molecule has 0 aliphatic carbocycles. The Kier molecular flexibility index (Phi) is 5.50. The standard InChI is InChI=1S/C24H22N8OS/c1-12-10-16(25)14-6-4-8-17(20(14)26-12)28-22-30-23(32-24(31-22)34-3)29-18-9-5-7-15-19(33)11-13(2)27-21(15)18/h4-11H,1-3H3,(H2,25,26)(H,27,33)(H2,28,29,30,31,32). The van der Waals surface area contributed by atoms with Gasteiger partial charge >= 0.3 is 0 Å². The number of nitrogens with zero attached hydrogens (tertiary/aromatic N) is 4. The van der Waals surface area contributed by atoms with Gasteiger partial charge in [-0.25, -0.2) is 0 Å². The molecule has 0 unspecified atom stereocenters. The van der Waals surface area contributed by atoms with Gasteiger partial charge in [-0.15, -0.1) is 0 Å². The number of thioether (sulfide) groups is 1. The van der Waals surface area contributed by atoms with Gasteiger partial charge in [0.05, 0.1) is 22.4 Å². The summed E-state index contributed by atoms with van der Waals surface area (Å²) in [6.07, 6.45) is 1.89. The van der Waals surface area contributed by atoms with Crippen molar-refractivity contribution in [1.29, 1.82) is 0 Å². The molecule has 5 aromatic rings. The van der Waals surface area contributed by atoms with E-state index in [2.05, 4.69) is 35.6 Å². The number of aryl methyl sites for hydroxylation is 2. The van der Waals surface area contributed by atoms with Crippen molar-refractivity contribution in [2.45, 2.75) is 19.0 Å². The Morgan fingerprint density at radius 1 is 0.882 bits per heavy atom. The normalized spacial score (nSPS) is 11.1. The topological polar surface area (TPSA) is 134 Å². The van der Waals surface area contributed by atoms with Crippen LogP contribution in [0.1, 0.15) is 11.4 Å². The summed E-state index contributed by atoms with van der Waals surface area (Å²) >= 11 is 1.40. The molecule has 34 heavy (non-hydrogen) atoms. The molecule has 5 N–H and O–H groups in total. The molecule has 0 saturated carbocycles. The fourth-order valence-corrected chi connectivity index (χ4v) is 4.17. The van der Waals surface area contributed by atoms with Crippen LogP contribution >= 0.6 is 11.8 Å². The van der Waals surface area contributed by atoms with E-state index in [1.54, 1.807) is 12.1 Å². The molecule has 0 radical (unpaired) electrons. The molecular formula is C24H22N8OS. The summed E-state index contributed by atoms with van der Waals surface area (Å²) in [6, 6.07) is 14.6. The van der Waals surface area contributed by atoms with Crippen molar-refractivity contribution < 1.29 is 0 Å². The van der Waals surface area contributed by atoms with E-state index < -0.39 is 0 Å². The minimum atomic E-state index is -0.0456. The number of anilines is 5. The SMILES string of the molecule is CSc1nc(Nc2cccc3c(N)cc(C)nc23)nc(Nc2cccc3c(=O)cc(C)[nH]c23)n1. The monoisotopic (exact) mass is 470 g/mol. The number of rotatable bonds is 5. The van der Waals surface area contributed by atoms with Crippen molar-refractivity contribution in [3.8, 4) is 0 Å². The largest absolute Gasteiger partial charge is 0.398 e. The van der Waals surface area contributed by atoms with E-state index in [9.17, 15) is 4.79 Å². The minimum absolute atomic E-state index is 0.0456. The number of H-pyrrole nitrogens is 1. The molecule has 3 aromatic heterocycles. The van der Waals surface area contributed by atoms with Crippen LogP contribution in [0.4, 0.5) is 29.0 Å². The molecule has 170 valence electrons. The van der Waals surface area contributed by atoms with Crippen LogP contribution in [-0.4, -0.2) is 31.2 Å². The van der Waals surface area contributed by atoms with Crippen LogP contribution in [0.3, 0.4) is 0 Å². The number of benzene rings is 2. The maximum atomic E-state index is 12.4. The average molecular weight is 471 g/mol. The predicted molar refractivity (Wildman–Crippen MR) is 138 cm³/mol. The second-order valence-corrected chi connectivity index (χ2v) is 8.59. The highest BCUT2D eigenvalue weighted by molar-refractivity contribution is 7.98. The molecule has 10 heteroatoms. The quantitative estimate of drug-likeness (QED) is 0.270. The summed E-state index contributed by atoms with van der Waals surface area (Å²) in [7, 11) is 0. The average Bonchev–Trinajstić information content (AvgIpc) is 2.80. The zero-order chi connectivity index (χ0) is 23.8. The van der Waals surface area contributed by atoms with Gasteiger partial charge in [0.1, 0.15) is 0 Å². The lowest BCUT2D eigenvalue weighted by Gasteiger charge is -2.13. The zero-order valence-corrected chi connectivity index (χ0v) is 19.6. The number of para-hydroxylation sites is 2. The van der Waals surface area contributed by atoms with Crippen molar-refractivity contribution in [2.75, 3.05) is 22.6 Å². The van der Waals surface area contributed by atoms with E-state index in [-0.39, 0.29) is 5.43 Å². The summed E-state index contributed by atoms with van der Waals surface area (Å²) in [5, 5.41) is 8.47. The summed E-state index contributed by atoms with van der Waals surface area (Å²) in [5.74, 6) is 0.710. The van der Waals surface area contributed by atoms with Gasteiger partial charge < -0.3 is 21.4 Å². The highest BCUT2D eigenvalue weighted by atomic mass is 32.2. The summed E-state index contributed by atoms with van der Waals surface area (Å²) in [6.45, 7) is 3.75. The van der Waals surface area contributed by atoms with Crippen LogP contribution in [0.15, 0.2) is 58.5 Å². The van der Waals surface area contributed by atoms with Crippen LogP contribution in [0.5, 0.6) is 0 Å². The Labute approximate surface area is 199 Å². The number of hydrogen-bond donors (Lipinski definition) is 4. The number of nitrogens with two attached hydrogens (primary N) is 1. The van der Waals surface area contributed by atoms with Gasteiger partial charge in [-0.05, 0) is 44.4 Å². The lowest BCUT2D eigenvalue weighted by molar-refractivity contribution is 0.923. The number of aromatic amines is 1. The van der Waals surface area contributed by atoms with Crippen molar-refractivity contribution in [2.24, 2.45) is 0 Å².